The Morgan fingerprint density at radius 3 is 2.63 bits per heavy atom. The number of carbonyl (C=O) groups is 1. The standard InChI is InChI=1S/C24H33N3O3/c1-3-4-16-30-21-20-23(29)26(2)14-15-27(20)19(25-22(21)28)17-24(12-8-9-13-24)18-10-6-5-7-11-18/h5-7,10-11,22,28H,3-4,8-9,12-17H2,1-2H3. The molecule has 1 aliphatic carbocycles. The van der Waals surface area contributed by atoms with E-state index in [2.05, 4.69) is 36.2 Å². The summed E-state index contributed by atoms with van der Waals surface area (Å²) in [5.41, 5.74) is 1.81. The molecule has 1 aromatic rings. The highest BCUT2D eigenvalue weighted by Gasteiger charge is 2.43. The van der Waals surface area contributed by atoms with E-state index in [4.69, 9.17) is 4.74 Å². The molecule has 6 heteroatoms. The molecule has 0 aromatic heterocycles. The van der Waals surface area contributed by atoms with Crippen molar-refractivity contribution in [3.8, 4) is 0 Å². The van der Waals surface area contributed by atoms with Gasteiger partial charge in [0, 0.05) is 32.0 Å². The second-order valence-corrected chi connectivity index (χ2v) is 8.74. The third-order valence-corrected chi connectivity index (χ3v) is 6.73. The number of unbranched alkanes of at least 4 members (excludes halogenated alkanes) is 1. The monoisotopic (exact) mass is 411 g/mol. The van der Waals surface area contributed by atoms with Gasteiger partial charge in [-0.1, -0.05) is 56.5 Å². The van der Waals surface area contributed by atoms with Gasteiger partial charge in [0.05, 0.1) is 6.61 Å². The predicted molar refractivity (Wildman–Crippen MR) is 117 cm³/mol. The third kappa shape index (κ3) is 3.85. The molecular formula is C24H33N3O3. The molecule has 1 N–H and O–H groups in total. The third-order valence-electron chi connectivity index (χ3n) is 6.73. The molecule has 1 saturated heterocycles. The van der Waals surface area contributed by atoms with Gasteiger partial charge in [-0.3, -0.25) is 4.79 Å². The second kappa shape index (κ2) is 8.80. The van der Waals surface area contributed by atoms with E-state index in [1.165, 1.54) is 18.4 Å². The minimum atomic E-state index is -1.12. The topological polar surface area (TPSA) is 65.4 Å². The summed E-state index contributed by atoms with van der Waals surface area (Å²) < 4.78 is 5.89. The Morgan fingerprint density at radius 1 is 1.20 bits per heavy atom. The van der Waals surface area contributed by atoms with Crippen LogP contribution in [0.1, 0.15) is 57.4 Å². The lowest BCUT2D eigenvalue weighted by Crippen LogP contribution is -2.53. The molecule has 2 aliphatic heterocycles. The summed E-state index contributed by atoms with van der Waals surface area (Å²) in [5.74, 6) is 1.02. The van der Waals surface area contributed by atoms with E-state index in [-0.39, 0.29) is 11.3 Å². The maximum absolute atomic E-state index is 13.1. The maximum atomic E-state index is 13.1. The summed E-state index contributed by atoms with van der Waals surface area (Å²) in [7, 11) is 1.80. The van der Waals surface area contributed by atoms with Gasteiger partial charge < -0.3 is 19.6 Å². The minimum Gasteiger partial charge on any atom is -0.491 e. The van der Waals surface area contributed by atoms with E-state index in [1.807, 2.05) is 11.0 Å². The number of benzene rings is 1. The molecule has 3 aliphatic rings. The Balaban J connectivity index is 1.66. The van der Waals surface area contributed by atoms with Crippen molar-refractivity contribution >= 4 is 11.7 Å². The van der Waals surface area contributed by atoms with Crippen LogP contribution in [0.2, 0.25) is 0 Å². The summed E-state index contributed by atoms with van der Waals surface area (Å²) in [6.07, 6.45) is 6.08. The lowest BCUT2D eigenvalue weighted by molar-refractivity contribution is -0.130. The van der Waals surface area contributed by atoms with E-state index in [0.29, 0.717) is 31.2 Å². The Bertz CT molecular complexity index is 827. The fraction of sp³-hybridized carbons (Fsp3) is 0.583. The highest BCUT2D eigenvalue weighted by atomic mass is 16.5. The molecule has 1 unspecified atom stereocenters. The average Bonchev–Trinajstić information content (AvgIpc) is 3.23. The van der Waals surface area contributed by atoms with Crippen LogP contribution in [0.5, 0.6) is 0 Å². The van der Waals surface area contributed by atoms with Gasteiger partial charge in [0.25, 0.3) is 5.91 Å². The van der Waals surface area contributed by atoms with E-state index >= 15 is 0 Å². The summed E-state index contributed by atoms with van der Waals surface area (Å²) in [6, 6.07) is 10.6. The number of aliphatic hydroxyl groups excluding tert-OH is 1. The zero-order chi connectivity index (χ0) is 21.1. The van der Waals surface area contributed by atoms with E-state index in [9.17, 15) is 9.90 Å². The molecular weight excluding hydrogens is 378 g/mol. The first-order valence-corrected chi connectivity index (χ1v) is 11.3. The summed E-state index contributed by atoms with van der Waals surface area (Å²) in [4.78, 5) is 21.4. The Morgan fingerprint density at radius 2 is 1.93 bits per heavy atom. The number of ether oxygens (including phenoxy) is 1. The van der Waals surface area contributed by atoms with E-state index < -0.39 is 6.23 Å². The maximum Gasteiger partial charge on any atom is 0.274 e. The van der Waals surface area contributed by atoms with Crippen LogP contribution in [0, 0.1) is 0 Å². The van der Waals surface area contributed by atoms with Gasteiger partial charge in [-0.25, -0.2) is 4.99 Å². The first kappa shape index (κ1) is 20.9. The number of carbonyl (C=O) groups excluding carboxylic acids is 1. The number of hydrogen-bond donors (Lipinski definition) is 1. The molecule has 0 radical (unpaired) electrons. The molecule has 1 aromatic carbocycles. The van der Waals surface area contributed by atoms with Gasteiger partial charge in [0.2, 0.25) is 6.23 Å². The van der Waals surface area contributed by atoms with Crippen molar-refractivity contribution in [2.45, 2.75) is 63.5 Å². The van der Waals surface area contributed by atoms with Crippen molar-refractivity contribution in [2.75, 3.05) is 26.7 Å². The van der Waals surface area contributed by atoms with E-state index in [1.54, 1.807) is 11.9 Å². The highest BCUT2D eigenvalue weighted by molar-refractivity contribution is 6.01. The van der Waals surface area contributed by atoms with Crippen LogP contribution in [0.4, 0.5) is 0 Å². The largest absolute Gasteiger partial charge is 0.491 e. The number of likely N-dealkylation sites (N-methyl/N-ethyl adjacent to an activating group) is 1. The van der Waals surface area contributed by atoms with Crippen molar-refractivity contribution in [1.82, 2.24) is 9.80 Å². The fourth-order valence-electron chi connectivity index (χ4n) is 4.97. The highest BCUT2D eigenvalue weighted by Crippen LogP contribution is 2.45. The smallest absolute Gasteiger partial charge is 0.274 e. The SMILES string of the molecule is CCCCOC1=C2C(=O)N(C)CCN2C(CC2(c3ccccc3)CCCC2)=NC1O. The molecule has 2 heterocycles. The number of amides is 1. The molecule has 4 rings (SSSR count). The number of rotatable bonds is 7. The van der Waals surface area contributed by atoms with Crippen LogP contribution in [0.15, 0.2) is 46.8 Å². The van der Waals surface area contributed by atoms with E-state index in [0.717, 1.165) is 37.9 Å². The van der Waals surface area contributed by atoms with Crippen LogP contribution < -0.4 is 0 Å². The lowest BCUT2D eigenvalue weighted by atomic mass is 9.75. The summed E-state index contributed by atoms with van der Waals surface area (Å²) in [5, 5.41) is 10.8. The number of aliphatic hydroxyl groups is 1. The Kier molecular flexibility index (Phi) is 6.14. The zero-order valence-electron chi connectivity index (χ0n) is 18.1. The molecule has 0 spiro atoms. The van der Waals surface area contributed by atoms with Crippen LogP contribution in [0.25, 0.3) is 0 Å². The number of aliphatic imine (C=N–C) groups is 1. The number of piperazine rings is 1. The van der Waals surface area contributed by atoms with Gasteiger partial charge in [-0.15, -0.1) is 0 Å². The van der Waals surface area contributed by atoms with Gasteiger partial charge >= 0.3 is 0 Å². The molecule has 1 atom stereocenters. The first-order chi connectivity index (χ1) is 14.6. The van der Waals surface area contributed by atoms with Crippen LogP contribution >= 0.6 is 0 Å². The minimum absolute atomic E-state index is 0.0118. The lowest BCUT2D eigenvalue weighted by Gasteiger charge is -2.42. The van der Waals surface area contributed by atoms with Crippen LogP contribution in [0.3, 0.4) is 0 Å². The quantitative estimate of drug-likeness (QED) is 0.698. The number of hydrogen-bond acceptors (Lipinski definition) is 5. The number of fused-ring (bicyclic) bond motifs is 1. The fourth-order valence-corrected chi connectivity index (χ4v) is 4.97. The predicted octanol–water partition coefficient (Wildman–Crippen LogP) is 3.42. The molecule has 0 bridgehead atoms. The zero-order valence-corrected chi connectivity index (χ0v) is 18.1. The van der Waals surface area contributed by atoms with Crippen molar-refractivity contribution in [3.05, 3.63) is 47.4 Å². The molecule has 6 nitrogen and oxygen atoms in total. The molecule has 1 saturated carbocycles. The van der Waals surface area contributed by atoms with Crippen molar-refractivity contribution in [2.24, 2.45) is 4.99 Å². The molecule has 162 valence electrons. The van der Waals surface area contributed by atoms with Gasteiger partial charge in [-0.2, -0.15) is 0 Å². The van der Waals surface area contributed by atoms with Gasteiger partial charge in [-0.05, 0) is 24.8 Å². The molecule has 2 fully saturated rings. The first-order valence-electron chi connectivity index (χ1n) is 11.3. The van der Waals surface area contributed by atoms with Crippen LogP contribution in [-0.4, -0.2) is 59.6 Å². The van der Waals surface area contributed by atoms with Crippen molar-refractivity contribution in [3.63, 3.8) is 0 Å². The van der Waals surface area contributed by atoms with Gasteiger partial charge in [0.1, 0.15) is 5.84 Å². The van der Waals surface area contributed by atoms with Gasteiger partial charge in [0.15, 0.2) is 11.5 Å². The van der Waals surface area contributed by atoms with Crippen molar-refractivity contribution < 1.29 is 14.6 Å². The number of nitrogens with zero attached hydrogens (tertiary/aromatic N) is 3. The Labute approximate surface area is 179 Å². The average molecular weight is 412 g/mol. The van der Waals surface area contributed by atoms with Crippen LogP contribution in [-0.2, 0) is 14.9 Å². The molecule has 1 amide bonds. The summed E-state index contributed by atoms with van der Waals surface area (Å²) >= 11 is 0. The summed E-state index contributed by atoms with van der Waals surface area (Å²) in [6.45, 7) is 3.88. The Hall–Kier alpha value is -2.34. The normalized spacial score (nSPS) is 23.5. The second-order valence-electron chi connectivity index (χ2n) is 8.74. The molecule has 30 heavy (non-hydrogen) atoms. The number of amidine groups is 1. The van der Waals surface area contributed by atoms with Crippen molar-refractivity contribution in [1.29, 1.82) is 0 Å².